The Balaban J connectivity index is 0.000000260. The fraction of sp³-hybridized carbons (Fsp3) is 0.286. The Morgan fingerprint density at radius 1 is 0.873 bits per heavy atom. The molecule has 0 atom stereocenters. The third kappa shape index (κ3) is 7.29. The quantitative estimate of drug-likeness (QED) is 0.166. The predicted molar refractivity (Wildman–Crippen MR) is 218 cm³/mol. The number of nitriles is 1. The number of halogens is 1. The van der Waals surface area contributed by atoms with Gasteiger partial charge in [0.05, 0.1) is 18.6 Å². The van der Waals surface area contributed by atoms with Crippen LogP contribution in [0, 0.1) is 55.3 Å². The van der Waals surface area contributed by atoms with Crippen molar-refractivity contribution in [3.05, 3.63) is 142 Å². The van der Waals surface area contributed by atoms with Gasteiger partial charge in [-0.1, -0.05) is 101 Å². The zero-order valence-electron chi connectivity index (χ0n) is 43.5. The molecule has 4 nitrogen and oxygen atoms in total. The van der Waals surface area contributed by atoms with E-state index in [1.807, 2.05) is 27.7 Å². The van der Waals surface area contributed by atoms with Gasteiger partial charge in [-0.3, -0.25) is 4.39 Å². The second kappa shape index (κ2) is 14.6. The van der Waals surface area contributed by atoms with Crippen LogP contribution in [-0.4, -0.2) is 9.97 Å². The molecule has 0 saturated heterocycles. The Bertz CT molecular complexity index is 3120. The third-order valence-corrected chi connectivity index (χ3v) is 10.4. The molecule has 1 aliphatic carbocycles. The summed E-state index contributed by atoms with van der Waals surface area (Å²) in [7, 11) is 0. The molecule has 7 aromatic rings. The van der Waals surface area contributed by atoms with Crippen molar-refractivity contribution in [2.75, 3.05) is 0 Å². The number of rotatable bonds is 3. The molecule has 281 valence electrons. The molecule has 4 aromatic carbocycles. The van der Waals surface area contributed by atoms with E-state index in [1.54, 1.807) is 57.2 Å². The monoisotopic (exact) mass is 916 g/mol. The Kier molecular flexibility index (Phi) is 7.11. The summed E-state index contributed by atoms with van der Waals surface area (Å²) < 4.78 is 118. The third-order valence-electron chi connectivity index (χ3n) is 10.4. The number of aryl methyl sites for hydroxylation is 3. The maximum absolute atomic E-state index is 13.8. The largest absolute Gasteiger partial charge is 0.501 e. The van der Waals surface area contributed by atoms with Crippen LogP contribution in [0.2, 0.25) is 0 Å². The van der Waals surface area contributed by atoms with Crippen LogP contribution in [0.25, 0.3) is 55.6 Å². The molecular formula is C49H46FIrN3O-2. The maximum atomic E-state index is 13.8. The molecule has 55 heavy (non-hydrogen) atoms. The molecule has 0 saturated carbocycles. The van der Waals surface area contributed by atoms with E-state index in [-0.39, 0.29) is 76.5 Å². The van der Waals surface area contributed by atoms with Gasteiger partial charge in [0.2, 0.25) is 0 Å². The van der Waals surface area contributed by atoms with Gasteiger partial charge in [0.15, 0.2) is 0 Å². The molecule has 0 bridgehead atoms. The van der Waals surface area contributed by atoms with E-state index in [9.17, 15) is 9.65 Å². The minimum atomic E-state index is -2.80. The van der Waals surface area contributed by atoms with E-state index in [0.717, 1.165) is 33.7 Å². The topological polar surface area (TPSA) is 62.7 Å². The van der Waals surface area contributed by atoms with Gasteiger partial charge in [-0.2, -0.15) is 5.26 Å². The molecule has 1 radical (unpaired) electrons. The first-order valence-electron chi connectivity index (χ1n) is 23.5. The molecule has 8 rings (SSSR count). The molecule has 0 amide bonds. The van der Waals surface area contributed by atoms with Crippen molar-refractivity contribution in [1.29, 1.82) is 5.26 Å². The number of aromatic nitrogens is 2. The minimum absolute atomic E-state index is 0. The van der Waals surface area contributed by atoms with Crippen molar-refractivity contribution >= 4 is 21.9 Å². The van der Waals surface area contributed by atoms with Crippen molar-refractivity contribution in [3.63, 3.8) is 0 Å². The van der Waals surface area contributed by atoms with E-state index in [1.165, 1.54) is 36.5 Å². The van der Waals surface area contributed by atoms with E-state index >= 15 is 0 Å². The second-order valence-corrected chi connectivity index (χ2v) is 15.7. The first kappa shape index (κ1) is 26.8. The second-order valence-electron chi connectivity index (χ2n) is 15.7. The summed E-state index contributed by atoms with van der Waals surface area (Å²) in [4.78, 5) is 8.80. The van der Waals surface area contributed by atoms with E-state index in [2.05, 4.69) is 28.2 Å². The Hall–Kier alpha value is -4.95. The van der Waals surface area contributed by atoms with Gasteiger partial charge in [0, 0.05) is 58.8 Å². The van der Waals surface area contributed by atoms with Gasteiger partial charge in [-0.25, -0.2) is 0 Å². The number of benzene rings is 4. The molecule has 3 aromatic heterocycles. The van der Waals surface area contributed by atoms with Crippen LogP contribution in [0.15, 0.2) is 89.6 Å². The summed E-state index contributed by atoms with van der Waals surface area (Å²) in [5.41, 5.74) is 2.84. The van der Waals surface area contributed by atoms with Gasteiger partial charge in [0.25, 0.3) is 0 Å². The number of hydrogen-bond donors (Lipinski definition) is 0. The summed E-state index contributed by atoms with van der Waals surface area (Å²) in [6.45, 7) is 5.51. The first-order chi connectivity index (χ1) is 30.3. The van der Waals surface area contributed by atoms with E-state index < -0.39 is 37.8 Å². The minimum Gasteiger partial charge on any atom is -0.501 e. The van der Waals surface area contributed by atoms with Crippen molar-refractivity contribution in [3.8, 4) is 39.7 Å². The van der Waals surface area contributed by atoms with Crippen LogP contribution < -0.4 is 0 Å². The number of nitrogens with zero attached hydrogens (tertiary/aromatic N) is 3. The molecule has 0 aliphatic heterocycles. The van der Waals surface area contributed by atoms with Gasteiger partial charge in [-0.05, 0) is 100 Å². The fourth-order valence-corrected chi connectivity index (χ4v) is 7.00. The standard InChI is InChI=1S/C31H27N2O.C18H19FN.Ir/c1-19-13-21(16-31(3,4)5)9-11-23(19)27-15-28(33-18-20(27)2)26-8-6-7-25-24-12-10-22(17-32)14-29(24)34-30(25)26;1-11-8-15-16(20-10-11)13-7-6-12(19)9-14(13)17(2,3)18(15,4)5;/h6-7,9-15,18H,16H2,1-5H3;6,8-10H,1-5H3;/q2*-1;/i1D3,2D3,11D,16D2;1D3;. The van der Waals surface area contributed by atoms with Gasteiger partial charge in [-0.15, -0.1) is 47.5 Å². The molecule has 3 heterocycles. The van der Waals surface area contributed by atoms with Gasteiger partial charge >= 0.3 is 0 Å². The van der Waals surface area contributed by atoms with E-state index in [0.29, 0.717) is 28.0 Å². The number of hydrogen-bond acceptors (Lipinski definition) is 4. The zero-order valence-corrected chi connectivity index (χ0v) is 33.9. The Morgan fingerprint density at radius 2 is 1.65 bits per heavy atom. The summed E-state index contributed by atoms with van der Waals surface area (Å²) in [6, 6.07) is 24.8. The predicted octanol–water partition coefficient (Wildman–Crippen LogP) is 12.8. The fourth-order valence-electron chi connectivity index (χ4n) is 7.00. The summed E-state index contributed by atoms with van der Waals surface area (Å²) in [5, 5.41) is 10.8. The maximum Gasteiger partial charge on any atom is 0.122 e. The van der Waals surface area contributed by atoms with Crippen LogP contribution in [-0.2, 0) is 37.3 Å². The van der Waals surface area contributed by atoms with Gasteiger partial charge in [0.1, 0.15) is 5.58 Å². The molecule has 6 heteroatoms. The van der Waals surface area contributed by atoms with Crippen molar-refractivity contribution in [2.45, 2.75) is 86.2 Å². The number of pyridine rings is 2. The van der Waals surface area contributed by atoms with E-state index in [4.69, 9.17) is 20.9 Å². The molecule has 0 N–H and O–H groups in total. The van der Waals surface area contributed by atoms with Crippen LogP contribution in [0.1, 0.15) is 104 Å². The van der Waals surface area contributed by atoms with Crippen molar-refractivity contribution in [1.82, 2.24) is 9.97 Å². The molecule has 0 fully saturated rings. The van der Waals surface area contributed by atoms with Gasteiger partial charge < -0.3 is 14.4 Å². The molecular weight excluding hydrogens is 858 g/mol. The summed E-state index contributed by atoms with van der Waals surface area (Å²) in [5.74, 6) is -0.324. The van der Waals surface area contributed by atoms with Crippen LogP contribution in [0.4, 0.5) is 4.39 Å². The summed E-state index contributed by atoms with van der Waals surface area (Å²) in [6.07, 6.45) is 0.544. The molecule has 1 aliphatic rings. The smallest absolute Gasteiger partial charge is 0.122 e. The van der Waals surface area contributed by atoms with Crippen LogP contribution in [0.3, 0.4) is 0 Å². The zero-order chi connectivity index (χ0) is 48.9. The average Bonchev–Trinajstić information content (AvgIpc) is 3.59. The van der Waals surface area contributed by atoms with Crippen molar-refractivity contribution < 1.29 is 45.4 Å². The Labute approximate surface area is 355 Å². The summed E-state index contributed by atoms with van der Waals surface area (Å²) >= 11 is 0. The van der Waals surface area contributed by atoms with Crippen LogP contribution in [0.5, 0.6) is 0 Å². The Morgan fingerprint density at radius 3 is 2.38 bits per heavy atom. The first-order valence-corrected chi connectivity index (χ1v) is 17.5. The average molecular weight is 916 g/mol. The normalized spacial score (nSPS) is 18.1. The SMILES string of the molecule is [2H]C([2H])([2H])c1cnc2c(c1)C(C)(C)C(C)(C)c1cc(F)c[c-]c1-2.[2H]c1cc(C([2H])([2H])C(C)(C)C)cc(C([2H])([2H])[2H])c1-c1cc(-c2[c-]ccc3c2oc2cc(C#N)ccc23)ncc1C([2H])([2H])[2H].[Ir]. The van der Waals surface area contributed by atoms with Crippen molar-refractivity contribution in [2.24, 2.45) is 5.41 Å². The number of fused-ring (bicyclic) bond motifs is 6. The van der Waals surface area contributed by atoms with Crippen LogP contribution >= 0.6 is 0 Å². The molecule has 0 spiro atoms. The molecule has 0 unspecified atom stereocenters. The number of furan rings is 1.